The van der Waals surface area contributed by atoms with Crippen molar-refractivity contribution in [3.05, 3.63) is 32.8 Å². The Balaban J connectivity index is 2.86. The molecular formula is C10H5Br2N. The third-order valence-corrected chi connectivity index (χ3v) is 3.72. The van der Waals surface area contributed by atoms with E-state index in [2.05, 4.69) is 42.8 Å². The largest absolute Gasteiger partial charge is 0.360 e. The Bertz CT molecular complexity index is 505. The van der Waals surface area contributed by atoms with Crippen LogP contribution in [0.15, 0.2) is 27.3 Å². The summed E-state index contributed by atoms with van der Waals surface area (Å²) in [6.07, 6.45) is 7.19. The third-order valence-electron chi connectivity index (χ3n) is 1.88. The van der Waals surface area contributed by atoms with Gasteiger partial charge in [-0.15, -0.1) is 6.42 Å². The first-order valence-electron chi connectivity index (χ1n) is 3.65. The second-order valence-electron chi connectivity index (χ2n) is 2.66. The average molecular weight is 299 g/mol. The minimum atomic E-state index is 0.892. The highest BCUT2D eigenvalue weighted by molar-refractivity contribution is 9.13. The summed E-state index contributed by atoms with van der Waals surface area (Å²) >= 11 is 6.86. The quantitative estimate of drug-likeness (QED) is 0.714. The second-order valence-corrected chi connectivity index (χ2v) is 4.37. The van der Waals surface area contributed by atoms with Gasteiger partial charge in [0.1, 0.15) is 0 Å². The molecule has 0 spiro atoms. The van der Waals surface area contributed by atoms with E-state index in [1.54, 1.807) is 0 Å². The predicted molar refractivity (Wildman–Crippen MR) is 61.6 cm³/mol. The fraction of sp³-hybridized carbons (Fsp3) is 0. The average Bonchev–Trinajstić information content (AvgIpc) is 2.48. The molecule has 0 fully saturated rings. The summed E-state index contributed by atoms with van der Waals surface area (Å²) in [5, 5.41) is 1.07. The van der Waals surface area contributed by atoms with Crippen LogP contribution >= 0.6 is 31.9 Å². The molecule has 0 saturated carbocycles. The lowest BCUT2D eigenvalue weighted by Gasteiger charge is -1.96. The lowest BCUT2D eigenvalue weighted by Crippen LogP contribution is -1.73. The van der Waals surface area contributed by atoms with E-state index in [0.717, 1.165) is 25.4 Å². The van der Waals surface area contributed by atoms with Crippen molar-refractivity contribution in [2.24, 2.45) is 0 Å². The normalized spacial score (nSPS) is 10.2. The van der Waals surface area contributed by atoms with Gasteiger partial charge in [-0.1, -0.05) is 5.92 Å². The van der Waals surface area contributed by atoms with Crippen molar-refractivity contribution >= 4 is 42.8 Å². The fourth-order valence-electron chi connectivity index (χ4n) is 1.24. The smallest absolute Gasteiger partial charge is 0.0496 e. The molecule has 64 valence electrons. The number of fused-ring (bicyclic) bond motifs is 1. The summed E-state index contributed by atoms with van der Waals surface area (Å²) in [5.74, 6) is 2.63. The van der Waals surface area contributed by atoms with Crippen molar-refractivity contribution in [3.63, 3.8) is 0 Å². The van der Waals surface area contributed by atoms with Crippen LogP contribution in [-0.2, 0) is 0 Å². The number of benzene rings is 1. The van der Waals surface area contributed by atoms with E-state index < -0.39 is 0 Å². The molecule has 2 rings (SSSR count). The summed E-state index contributed by atoms with van der Waals surface area (Å²) in [6, 6.07) is 4.01. The molecule has 0 aliphatic rings. The first-order valence-corrected chi connectivity index (χ1v) is 5.23. The van der Waals surface area contributed by atoms with Gasteiger partial charge in [0.25, 0.3) is 0 Å². The van der Waals surface area contributed by atoms with Crippen LogP contribution in [0.5, 0.6) is 0 Å². The van der Waals surface area contributed by atoms with E-state index in [9.17, 15) is 0 Å². The lowest BCUT2D eigenvalue weighted by atomic mass is 10.2. The highest BCUT2D eigenvalue weighted by Crippen LogP contribution is 2.29. The van der Waals surface area contributed by atoms with Crippen molar-refractivity contribution in [3.8, 4) is 12.3 Å². The Hall–Kier alpha value is -0.720. The van der Waals surface area contributed by atoms with Gasteiger partial charge in [0.2, 0.25) is 0 Å². The van der Waals surface area contributed by atoms with Crippen LogP contribution in [0, 0.1) is 12.3 Å². The van der Waals surface area contributed by atoms with Gasteiger partial charge >= 0.3 is 0 Å². The number of rotatable bonds is 0. The maximum Gasteiger partial charge on any atom is 0.0496 e. The summed E-state index contributed by atoms with van der Waals surface area (Å²) in [4.78, 5) is 3.11. The van der Waals surface area contributed by atoms with E-state index in [4.69, 9.17) is 6.42 Å². The Labute approximate surface area is 92.8 Å². The number of terminal acetylenes is 1. The predicted octanol–water partition coefficient (Wildman–Crippen LogP) is 3.67. The number of nitrogens with one attached hydrogen (secondary N) is 1. The van der Waals surface area contributed by atoms with E-state index >= 15 is 0 Å². The summed E-state index contributed by atoms with van der Waals surface area (Å²) in [5.41, 5.74) is 1.94. The summed E-state index contributed by atoms with van der Waals surface area (Å²) in [7, 11) is 0. The van der Waals surface area contributed by atoms with Crippen molar-refractivity contribution in [2.45, 2.75) is 0 Å². The van der Waals surface area contributed by atoms with E-state index in [0.29, 0.717) is 0 Å². The monoisotopic (exact) mass is 297 g/mol. The zero-order valence-corrected chi connectivity index (χ0v) is 9.74. The Morgan fingerprint density at radius 3 is 2.62 bits per heavy atom. The minimum absolute atomic E-state index is 0.892. The highest BCUT2D eigenvalue weighted by Gasteiger charge is 2.04. The molecule has 2 aromatic rings. The van der Waals surface area contributed by atoms with Crippen LogP contribution in [-0.4, -0.2) is 4.98 Å². The van der Waals surface area contributed by atoms with E-state index in [-0.39, 0.29) is 0 Å². The number of aromatic nitrogens is 1. The molecule has 0 atom stereocenters. The number of hydrogen-bond acceptors (Lipinski definition) is 0. The molecule has 1 aromatic carbocycles. The molecular weight excluding hydrogens is 294 g/mol. The van der Waals surface area contributed by atoms with Crippen LogP contribution in [0.1, 0.15) is 5.56 Å². The second kappa shape index (κ2) is 3.21. The van der Waals surface area contributed by atoms with Crippen LogP contribution in [0.3, 0.4) is 0 Å². The minimum Gasteiger partial charge on any atom is -0.360 e. The zero-order chi connectivity index (χ0) is 9.42. The zero-order valence-electron chi connectivity index (χ0n) is 6.57. The van der Waals surface area contributed by atoms with Gasteiger partial charge in [-0.05, 0) is 44.0 Å². The maximum atomic E-state index is 5.35. The van der Waals surface area contributed by atoms with Crippen molar-refractivity contribution in [1.82, 2.24) is 4.98 Å². The molecule has 1 N–H and O–H groups in total. The van der Waals surface area contributed by atoms with Crippen LogP contribution in [0.25, 0.3) is 10.9 Å². The molecule has 0 amide bonds. The fourth-order valence-corrected chi connectivity index (χ4v) is 1.92. The molecule has 1 nitrogen and oxygen atoms in total. The van der Waals surface area contributed by atoms with Gasteiger partial charge in [-0.3, -0.25) is 0 Å². The molecule has 0 bridgehead atoms. The van der Waals surface area contributed by atoms with Crippen LogP contribution < -0.4 is 0 Å². The molecule has 1 aromatic heterocycles. The van der Waals surface area contributed by atoms with Crippen molar-refractivity contribution < 1.29 is 0 Å². The molecule has 0 aliphatic carbocycles. The first-order chi connectivity index (χ1) is 6.22. The topological polar surface area (TPSA) is 15.8 Å². The SMILES string of the molecule is C#Cc1c[nH]c2cc(Br)c(Br)cc12. The van der Waals surface area contributed by atoms with Gasteiger partial charge < -0.3 is 4.98 Å². The lowest BCUT2D eigenvalue weighted by molar-refractivity contribution is 1.46. The molecule has 0 saturated heterocycles. The van der Waals surface area contributed by atoms with Gasteiger partial charge in [0.05, 0.1) is 0 Å². The summed E-state index contributed by atoms with van der Waals surface area (Å²) in [6.45, 7) is 0. The van der Waals surface area contributed by atoms with Gasteiger partial charge in [-0.25, -0.2) is 0 Å². The Morgan fingerprint density at radius 2 is 1.92 bits per heavy atom. The molecule has 0 aliphatic heterocycles. The Morgan fingerprint density at radius 1 is 1.23 bits per heavy atom. The molecule has 13 heavy (non-hydrogen) atoms. The number of aromatic amines is 1. The highest BCUT2D eigenvalue weighted by atomic mass is 79.9. The van der Waals surface area contributed by atoms with E-state index in [1.807, 2.05) is 18.3 Å². The number of hydrogen-bond donors (Lipinski definition) is 1. The molecule has 0 radical (unpaired) electrons. The van der Waals surface area contributed by atoms with E-state index in [1.165, 1.54) is 0 Å². The molecule has 3 heteroatoms. The standard InChI is InChI=1S/C10H5Br2N/c1-2-6-5-13-10-4-9(12)8(11)3-7(6)10/h1,3-5,13H. The molecule has 0 unspecified atom stereocenters. The van der Waals surface area contributed by atoms with Crippen molar-refractivity contribution in [1.29, 1.82) is 0 Å². The van der Waals surface area contributed by atoms with Crippen LogP contribution in [0.2, 0.25) is 0 Å². The maximum absolute atomic E-state index is 5.35. The van der Waals surface area contributed by atoms with Gasteiger partial charge in [0, 0.05) is 31.6 Å². The number of H-pyrrole nitrogens is 1. The van der Waals surface area contributed by atoms with Gasteiger partial charge in [0.15, 0.2) is 0 Å². The van der Waals surface area contributed by atoms with Crippen LogP contribution in [0.4, 0.5) is 0 Å². The van der Waals surface area contributed by atoms with Crippen molar-refractivity contribution in [2.75, 3.05) is 0 Å². The Kier molecular flexibility index (Phi) is 2.19. The third kappa shape index (κ3) is 1.41. The summed E-state index contributed by atoms with van der Waals surface area (Å²) < 4.78 is 2.03. The first kappa shape index (κ1) is 8.86. The molecule has 1 heterocycles. The number of halogens is 2. The van der Waals surface area contributed by atoms with Gasteiger partial charge in [-0.2, -0.15) is 0 Å².